The van der Waals surface area contributed by atoms with Gasteiger partial charge in [0.25, 0.3) is 5.91 Å². The molecular formula is C18H16F2N4O3. The predicted octanol–water partition coefficient (Wildman–Crippen LogP) is 2.30. The lowest BCUT2D eigenvalue weighted by Crippen LogP contribution is -2.41. The van der Waals surface area contributed by atoms with E-state index in [-0.39, 0.29) is 34.5 Å². The number of halogens is 2. The van der Waals surface area contributed by atoms with E-state index < -0.39 is 30.1 Å². The van der Waals surface area contributed by atoms with E-state index in [1.807, 2.05) is 6.07 Å². The van der Waals surface area contributed by atoms with Gasteiger partial charge in [-0.1, -0.05) is 0 Å². The Labute approximate surface area is 153 Å². The van der Waals surface area contributed by atoms with Crippen molar-refractivity contribution in [2.24, 2.45) is 0 Å². The summed E-state index contributed by atoms with van der Waals surface area (Å²) in [5.74, 6) is -2.36. The Morgan fingerprint density at radius 1 is 1.37 bits per heavy atom. The second-order valence-corrected chi connectivity index (χ2v) is 5.28. The lowest BCUT2D eigenvalue weighted by Gasteiger charge is -2.16. The van der Waals surface area contributed by atoms with Crippen LogP contribution in [0.25, 0.3) is 11.1 Å². The van der Waals surface area contributed by atoms with Gasteiger partial charge in [0.15, 0.2) is 5.96 Å². The van der Waals surface area contributed by atoms with Crippen LogP contribution in [0, 0.1) is 22.6 Å². The maximum Gasteiger partial charge on any atom is 0.262 e. The summed E-state index contributed by atoms with van der Waals surface area (Å²) in [6.45, 7) is -0.937. The predicted molar refractivity (Wildman–Crippen MR) is 93.9 cm³/mol. The number of aromatic hydroxyl groups is 1. The van der Waals surface area contributed by atoms with Gasteiger partial charge in [0.1, 0.15) is 24.0 Å². The highest BCUT2D eigenvalue weighted by atomic mass is 19.1. The lowest BCUT2D eigenvalue weighted by atomic mass is 9.92. The van der Waals surface area contributed by atoms with Crippen LogP contribution in [0.2, 0.25) is 0 Å². The third-order valence-corrected chi connectivity index (χ3v) is 3.60. The molecule has 0 aliphatic heterocycles. The minimum absolute atomic E-state index is 0.00917. The summed E-state index contributed by atoms with van der Waals surface area (Å²) in [6.07, 6.45) is 0. The highest BCUT2D eigenvalue weighted by Crippen LogP contribution is 2.38. The standard InChI is InChI=1S/C18H16F2N4O3/c1-27-14-5-3-11(20)8-12(14)15-10(9-21)2-4-13(25)16(15)17(26)24-18(22)23-7-6-19/h2-5,8,25H,6-7H2,1H3,(H3,22,23,24,26). The molecule has 0 aliphatic rings. The van der Waals surface area contributed by atoms with Crippen molar-refractivity contribution in [3.8, 4) is 28.7 Å². The molecule has 0 spiro atoms. The van der Waals surface area contributed by atoms with Gasteiger partial charge in [-0.25, -0.2) is 8.78 Å². The highest BCUT2D eigenvalue weighted by Gasteiger charge is 2.24. The van der Waals surface area contributed by atoms with Crippen LogP contribution in [0.15, 0.2) is 30.3 Å². The second-order valence-electron chi connectivity index (χ2n) is 5.28. The second kappa shape index (κ2) is 8.62. The molecule has 4 N–H and O–H groups in total. The maximum absolute atomic E-state index is 13.8. The number of phenols is 1. The zero-order chi connectivity index (χ0) is 20.0. The van der Waals surface area contributed by atoms with Crippen molar-refractivity contribution < 1.29 is 23.4 Å². The minimum atomic E-state index is -0.928. The normalized spacial score (nSPS) is 10.0. The molecule has 140 valence electrons. The number of ether oxygens (including phenoxy) is 1. The number of nitrogens with zero attached hydrogens (tertiary/aromatic N) is 1. The maximum atomic E-state index is 13.8. The molecule has 0 atom stereocenters. The number of hydrogen-bond acceptors (Lipinski definition) is 5. The first-order valence-corrected chi connectivity index (χ1v) is 7.72. The quantitative estimate of drug-likeness (QED) is 0.473. The molecule has 0 bridgehead atoms. The molecule has 7 nitrogen and oxygen atoms in total. The van der Waals surface area contributed by atoms with Gasteiger partial charge < -0.3 is 15.2 Å². The Morgan fingerprint density at radius 3 is 2.74 bits per heavy atom. The smallest absolute Gasteiger partial charge is 0.262 e. The fourth-order valence-corrected chi connectivity index (χ4v) is 2.46. The summed E-state index contributed by atoms with van der Waals surface area (Å²) in [7, 11) is 1.34. The van der Waals surface area contributed by atoms with E-state index >= 15 is 0 Å². The van der Waals surface area contributed by atoms with Crippen molar-refractivity contribution in [3.05, 3.63) is 47.3 Å². The van der Waals surface area contributed by atoms with Crippen molar-refractivity contribution in [3.63, 3.8) is 0 Å². The number of carbonyl (C=O) groups excluding carboxylic acids is 1. The number of guanidine groups is 1. The van der Waals surface area contributed by atoms with Gasteiger partial charge in [0.2, 0.25) is 0 Å². The number of hydrogen-bond donors (Lipinski definition) is 4. The monoisotopic (exact) mass is 374 g/mol. The average molecular weight is 374 g/mol. The first-order valence-electron chi connectivity index (χ1n) is 7.72. The molecule has 0 saturated heterocycles. The minimum Gasteiger partial charge on any atom is -0.507 e. The van der Waals surface area contributed by atoms with Crippen LogP contribution in [0.4, 0.5) is 8.78 Å². The van der Waals surface area contributed by atoms with Crippen LogP contribution in [-0.4, -0.2) is 37.3 Å². The zero-order valence-electron chi connectivity index (χ0n) is 14.3. The van der Waals surface area contributed by atoms with E-state index in [0.29, 0.717) is 0 Å². The largest absolute Gasteiger partial charge is 0.507 e. The molecule has 0 heterocycles. The van der Waals surface area contributed by atoms with Gasteiger partial charge in [0.05, 0.1) is 24.3 Å². The Morgan fingerprint density at radius 2 is 2.11 bits per heavy atom. The highest BCUT2D eigenvalue weighted by molar-refractivity contribution is 6.11. The van der Waals surface area contributed by atoms with Crippen LogP contribution in [0.3, 0.4) is 0 Å². The Hall–Kier alpha value is -3.67. The Kier molecular flexibility index (Phi) is 6.27. The van der Waals surface area contributed by atoms with Crippen LogP contribution in [0.5, 0.6) is 11.5 Å². The molecule has 0 saturated carbocycles. The molecule has 0 aliphatic carbocycles. The van der Waals surface area contributed by atoms with Crippen molar-refractivity contribution in [1.29, 1.82) is 10.7 Å². The molecular weight excluding hydrogens is 358 g/mol. The van der Waals surface area contributed by atoms with E-state index in [4.69, 9.17) is 10.1 Å². The summed E-state index contributed by atoms with van der Waals surface area (Å²) in [5, 5.41) is 31.7. The molecule has 1 amide bonds. The average Bonchev–Trinajstić information content (AvgIpc) is 2.65. The summed E-state index contributed by atoms with van der Waals surface area (Å²) in [6, 6.07) is 7.84. The summed E-state index contributed by atoms with van der Waals surface area (Å²) >= 11 is 0. The van der Waals surface area contributed by atoms with Gasteiger partial charge in [-0.15, -0.1) is 0 Å². The molecule has 2 aromatic rings. The number of methoxy groups -OCH3 is 1. The Bertz CT molecular complexity index is 926. The lowest BCUT2D eigenvalue weighted by molar-refractivity contribution is 0.0973. The third-order valence-electron chi connectivity index (χ3n) is 3.60. The summed E-state index contributed by atoms with van der Waals surface area (Å²) in [4.78, 5) is 12.6. The number of amides is 1. The van der Waals surface area contributed by atoms with Crippen LogP contribution in [-0.2, 0) is 0 Å². The third kappa shape index (κ3) is 4.30. The number of rotatable bonds is 5. The molecule has 9 heteroatoms. The topological polar surface area (TPSA) is 118 Å². The molecule has 27 heavy (non-hydrogen) atoms. The molecule has 2 rings (SSSR count). The van der Waals surface area contributed by atoms with Gasteiger partial charge in [-0.2, -0.15) is 5.26 Å². The Balaban J connectivity index is 2.63. The summed E-state index contributed by atoms with van der Waals surface area (Å²) in [5.41, 5.74) is -0.321. The van der Waals surface area contributed by atoms with Crippen molar-refractivity contribution >= 4 is 11.9 Å². The number of alkyl halides is 1. The van der Waals surface area contributed by atoms with Crippen LogP contribution in [0.1, 0.15) is 15.9 Å². The summed E-state index contributed by atoms with van der Waals surface area (Å²) < 4.78 is 31.2. The molecule has 0 radical (unpaired) electrons. The first kappa shape index (κ1) is 19.7. The molecule has 0 aromatic heterocycles. The number of carbonyl (C=O) groups is 1. The van der Waals surface area contributed by atoms with Crippen molar-refractivity contribution in [1.82, 2.24) is 10.6 Å². The van der Waals surface area contributed by atoms with E-state index in [1.54, 1.807) is 0 Å². The van der Waals surface area contributed by atoms with Crippen molar-refractivity contribution in [2.45, 2.75) is 0 Å². The van der Waals surface area contributed by atoms with Gasteiger partial charge in [-0.05, 0) is 30.3 Å². The van der Waals surface area contributed by atoms with Crippen LogP contribution >= 0.6 is 0 Å². The number of nitriles is 1. The molecule has 0 fully saturated rings. The zero-order valence-corrected chi connectivity index (χ0v) is 14.3. The molecule has 0 unspecified atom stereocenters. The van der Waals surface area contributed by atoms with Gasteiger partial charge in [-0.3, -0.25) is 15.5 Å². The van der Waals surface area contributed by atoms with Gasteiger partial charge >= 0.3 is 0 Å². The van der Waals surface area contributed by atoms with E-state index in [1.165, 1.54) is 19.2 Å². The van der Waals surface area contributed by atoms with Gasteiger partial charge in [0, 0.05) is 17.7 Å². The first-order chi connectivity index (χ1) is 12.9. The van der Waals surface area contributed by atoms with Crippen molar-refractivity contribution in [2.75, 3.05) is 20.3 Å². The fraction of sp³-hybridized carbons (Fsp3) is 0.167. The van der Waals surface area contributed by atoms with E-state index in [9.17, 15) is 23.9 Å². The van der Waals surface area contributed by atoms with E-state index in [2.05, 4.69) is 10.6 Å². The SMILES string of the molecule is COc1ccc(F)cc1-c1c(C#N)ccc(O)c1C(=O)NC(=N)NCCF. The van der Waals surface area contributed by atoms with Crippen LogP contribution < -0.4 is 15.4 Å². The van der Waals surface area contributed by atoms with E-state index in [0.717, 1.165) is 18.2 Å². The fourth-order valence-electron chi connectivity index (χ4n) is 2.46. The number of benzene rings is 2. The molecule has 2 aromatic carbocycles. The number of nitrogens with one attached hydrogen (secondary N) is 3. The number of phenolic OH excluding ortho intramolecular Hbond substituents is 1.